The Morgan fingerprint density at radius 1 is 0.333 bits per heavy atom. The first kappa shape index (κ1) is 16.6. The van der Waals surface area contributed by atoms with Crippen molar-refractivity contribution in [2.45, 2.75) is 55.4 Å². The fourth-order valence-corrected chi connectivity index (χ4v) is 4.08. The number of fused-ring (bicyclic) bond motifs is 3. The van der Waals surface area contributed by atoms with Gasteiger partial charge in [-0.15, -0.1) is 0 Å². The molecule has 0 fully saturated rings. The summed E-state index contributed by atoms with van der Waals surface area (Å²) < 4.78 is 0. The van der Waals surface area contributed by atoms with E-state index >= 15 is 0 Å². The highest BCUT2D eigenvalue weighted by molar-refractivity contribution is 6.18. The second-order valence-electron chi connectivity index (χ2n) is 7.20. The third-order valence-corrected chi connectivity index (χ3v) is 6.32. The van der Waals surface area contributed by atoms with E-state index in [9.17, 15) is 10.2 Å². The first-order valence-electron chi connectivity index (χ1n) is 8.45. The molecule has 2 heteroatoms. The molecule has 126 valence electrons. The van der Waals surface area contributed by atoms with E-state index in [0.29, 0.717) is 0 Å². The minimum Gasteiger partial charge on any atom is -0.504 e. The first-order valence-corrected chi connectivity index (χ1v) is 8.45. The van der Waals surface area contributed by atoms with Crippen molar-refractivity contribution < 1.29 is 10.2 Å². The number of phenolic OH excluding ortho intramolecular Hbond substituents is 2. The molecule has 0 radical (unpaired) electrons. The molecular formula is C22H26O2. The van der Waals surface area contributed by atoms with Crippen LogP contribution in [0.2, 0.25) is 0 Å². The van der Waals surface area contributed by atoms with Crippen LogP contribution in [-0.2, 0) is 0 Å². The number of hydrogen-bond donors (Lipinski definition) is 2. The smallest absolute Gasteiger partial charge is 0.166 e. The van der Waals surface area contributed by atoms with E-state index in [2.05, 4.69) is 41.5 Å². The zero-order chi connectivity index (χ0) is 18.1. The highest BCUT2D eigenvalue weighted by Gasteiger charge is 2.23. The molecule has 0 atom stereocenters. The molecule has 0 aromatic heterocycles. The molecule has 24 heavy (non-hydrogen) atoms. The summed E-state index contributed by atoms with van der Waals surface area (Å²) in [6.07, 6.45) is 0. The molecule has 0 amide bonds. The summed E-state index contributed by atoms with van der Waals surface area (Å²) in [5, 5.41) is 25.3. The first-order chi connectivity index (χ1) is 11.1. The average Bonchev–Trinajstić information content (AvgIpc) is 2.56. The normalized spacial score (nSPS) is 11.7. The summed E-state index contributed by atoms with van der Waals surface area (Å²) in [7, 11) is 0. The zero-order valence-corrected chi connectivity index (χ0v) is 15.9. The minimum atomic E-state index is 0.00644. The lowest BCUT2D eigenvalue weighted by molar-refractivity contribution is 0.412. The molecule has 0 spiro atoms. The van der Waals surface area contributed by atoms with Crippen LogP contribution in [0.15, 0.2) is 0 Å². The van der Waals surface area contributed by atoms with Gasteiger partial charge in [0.1, 0.15) is 0 Å². The Morgan fingerprint density at radius 2 is 0.542 bits per heavy atom. The molecule has 0 heterocycles. The summed E-state index contributed by atoms with van der Waals surface area (Å²) in [5.41, 5.74) is 9.29. The SMILES string of the molecule is Cc1c(C)c(C)c2c(c1C)c(O)c(O)c1c(C)c(C)c(C)c(C)c12. The number of hydrogen-bond acceptors (Lipinski definition) is 2. The lowest BCUT2D eigenvalue weighted by Crippen LogP contribution is -2.00. The van der Waals surface area contributed by atoms with Crippen molar-refractivity contribution in [3.8, 4) is 11.5 Å². The van der Waals surface area contributed by atoms with Gasteiger partial charge < -0.3 is 10.2 Å². The molecule has 2 nitrogen and oxygen atoms in total. The molecule has 3 rings (SSSR count). The molecule has 2 N–H and O–H groups in total. The van der Waals surface area contributed by atoms with E-state index in [1.165, 1.54) is 33.4 Å². The van der Waals surface area contributed by atoms with Gasteiger partial charge in [0.25, 0.3) is 0 Å². The summed E-state index contributed by atoms with van der Waals surface area (Å²) in [5.74, 6) is 0.0129. The second kappa shape index (κ2) is 5.14. The van der Waals surface area contributed by atoms with Gasteiger partial charge in [-0.1, -0.05) is 0 Å². The van der Waals surface area contributed by atoms with Crippen molar-refractivity contribution in [3.05, 3.63) is 44.5 Å². The molecule has 3 aromatic carbocycles. The van der Waals surface area contributed by atoms with E-state index in [1.54, 1.807) is 0 Å². The van der Waals surface area contributed by atoms with Crippen molar-refractivity contribution >= 4 is 21.5 Å². The second-order valence-corrected chi connectivity index (χ2v) is 7.20. The lowest BCUT2D eigenvalue weighted by Gasteiger charge is -2.22. The van der Waals surface area contributed by atoms with Gasteiger partial charge in [-0.25, -0.2) is 0 Å². The average molecular weight is 322 g/mol. The van der Waals surface area contributed by atoms with Crippen LogP contribution in [-0.4, -0.2) is 10.2 Å². The molecule has 0 bridgehead atoms. The maximum absolute atomic E-state index is 10.8. The van der Waals surface area contributed by atoms with E-state index in [0.717, 1.165) is 32.7 Å². The monoisotopic (exact) mass is 322 g/mol. The highest BCUT2D eigenvalue weighted by Crippen LogP contribution is 2.49. The Kier molecular flexibility index (Phi) is 3.56. The topological polar surface area (TPSA) is 40.5 Å². The molecular weight excluding hydrogens is 296 g/mol. The van der Waals surface area contributed by atoms with Crippen LogP contribution >= 0.6 is 0 Å². The van der Waals surface area contributed by atoms with Crippen molar-refractivity contribution in [1.29, 1.82) is 0 Å². The maximum Gasteiger partial charge on any atom is 0.166 e. The van der Waals surface area contributed by atoms with Crippen LogP contribution in [0.5, 0.6) is 11.5 Å². The number of aromatic hydroxyl groups is 2. The molecule has 0 unspecified atom stereocenters. The van der Waals surface area contributed by atoms with Crippen LogP contribution in [0.25, 0.3) is 21.5 Å². The van der Waals surface area contributed by atoms with Crippen molar-refractivity contribution in [3.63, 3.8) is 0 Å². The van der Waals surface area contributed by atoms with Gasteiger partial charge in [-0.2, -0.15) is 0 Å². The number of phenols is 2. The predicted molar refractivity (Wildman–Crippen MR) is 103 cm³/mol. The van der Waals surface area contributed by atoms with E-state index in [1.807, 2.05) is 13.8 Å². The van der Waals surface area contributed by atoms with Crippen LogP contribution in [0.4, 0.5) is 0 Å². The van der Waals surface area contributed by atoms with Gasteiger partial charge in [0.05, 0.1) is 0 Å². The van der Waals surface area contributed by atoms with Crippen LogP contribution in [0.1, 0.15) is 44.5 Å². The minimum absolute atomic E-state index is 0.00644. The third-order valence-electron chi connectivity index (χ3n) is 6.32. The van der Waals surface area contributed by atoms with Gasteiger partial charge in [0.2, 0.25) is 0 Å². The number of benzene rings is 3. The highest BCUT2D eigenvalue weighted by atomic mass is 16.3. The Labute approximate surface area is 143 Å². The fourth-order valence-electron chi connectivity index (χ4n) is 4.08. The maximum atomic E-state index is 10.8. The van der Waals surface area contributed by atoms with E-state index in [-0.39, 0.29) is 11.5 Å². The van der Waals surface area contributed by atoms with E-state index in [4.69, 9.17) is 0 Å². The summed E-state index contributed by atoms with van der Waals surface area (Å²) in [6, 6.07) is 0. The summed E-state index contributed by atoms with van der Waals surface area (Å²) >= 11 is 0. The zero-order valence-electron chi connectivity index (χ0n) is 15.9. The summed E-state index contributed by atoms with van der Waals surface area (Å²) in [4.78, 5) is 0. The molecule has 0 aliphatic carbocycles. The van der Waals surface area contributed by atoms with Gasteiger partial charge in [0, 0.05) is 10.8 Å². The van der Waals surface area contributed by atoms with Gasteiger partial charge in [-0.3, -0.25) is 0 Å². The van der Waals surface area contributed by atoms with Crippen molar-refractivity contribution in [2.24, 2.45) is 0 Å². The molecule has 0 aliphatic heterocycles. The predicted octanol–water partition coefficient (Wildman–Crippen LogP) is 5.87. The van der Waals surface area contributed by atoms with Crippen LogP contribution in [0.3, 0.4) is 0 Å². The molecule has 0 saturated heterocycles. The van der Waals surface area contributed by atoms with Crippen molar-refractivity contribution in [2.75, 3.05) is 0 Å². The molecule has 3 aromatic rings. The Hall–Kier alpha value is -2.22. The van der Waals surface area contributed by atoms with Crippen molar-refractivity contribution in [1.82, 2.24) is 0 Å². The molecule has 0 saturated carbocycles. The largest absolute Gasteiger partial charge is 0.504 e. The Morgan fingerprint density at radius 3 is 0.792 bits per heavy atom. The van der Waals surface area contributed by atoms with Gasteiger partial charge >= 0.3 is 0 Å². The number of rotatable bonds is 0. The Bertz CT molecular complexity index is 956. The third kappa shape index (κ3) is 1.83. The lowest BCUT2D eigenvalue weighted by atomic mass is 9.83. The standard InChI is InChI=1S/C22H26O2/c1-9-11(3)15(7)19-17(13(9)5)18-14(6)10(2)12(4)16(8)20(18)22(24)21(19)23/h23-24H,1-8H3. The van der Waals surface area contributed by atoms with E-state index < -0.39 is 0 Å². The van der Waals surface area contributed by atoms with Gasteiger partial charge in [0.15, 0.2) is 11.5 Å². The summed E-state index contributed by atoms with van der Waals surface area (Å²) in [6.45, 7) is 16.7. The van der Waals surface area contributed by atoms with Crippen LogP contribution in [0, 0.1) is 55.4 Å². The fraction of sp³-hybridized carbons (Fsp3) is 0.364. The molecule has 0 aliphatic rings. The van der Waals surface area contributed by atoms with Crippen LogP contribution < -0.4 is 0 Å². The Balaban J connectivity index is 2.87. The number of aryl methyl sites for hydroxylation is 4. The van der Waals surface area contributed by atoms with Gasteiger partial charge in [-0.05, 0) is 111 Å². The quantitative estimate of drug-likeness (QED) is 0.401.